The highest BCUT2D eigenvalue weighted by molar-refractivity contribution is 6.21. The second-order valence-corrected chi connectivity index (χ2v) is 8.84. The molecule has 0 atom stereocenters. The van der Waals surface area contributed by atoms with Gasteiger partial charge in [-0.15, -0.1) is 0 Å². The maximum atomic E-state index is 2.41. The van der Waals surface area contributed by atoms with Gasteiger partial charge in [0.1, 0.15) is 0 Å². The van der Waals surface area contributed by atoms with E-state index in [1.54, 1.807) is 0 Å². The van der Waals surface area contributed by atoms with Crippen LogP contribution in [0, 0.1) is 13.8 Å². The molecule has 0 amide bonds. The van der Waals surface area contributed by atoms with Crippen molar-refractivity contribution in [1.29, 1.82) is 0 Å². The lowest BCUT2D eigenvalue weighted by Gasteiger charge is -2.28. The van der Waals surface area contributed by atoms with Crippen LogP contribution in [0.15, 0.2) is 115 Å². The predicted molar refractivity (Wildman–Crippen MR) is 143 cm³/mol. The van der Waals surface area contributed by atoms with E-state index < -0.39 is 0 Å². The molecule has 0 heterocycles. The molecule has 0 aliphatic rings. The van der Waals surface area contributed by atoms with Crippen molar-refractivity contribution >= 4 is 49.4 Å². The summed E-state index contributed by atoms with van der Waals surface area (Å²) >= 11 is 0. The Kier molecular flexibility index (Phi) is 4.62. The Morgan fingerprint density at radius 3 is 1.67 bits per heavy atom. The minimum atomic E-state index is 1.17. The molecule has 6 aromatic rings. The van der Waals surface area contributed by atoms with Gasteiger partial charge >= 0.3 is 0 Å². The molecule has 0 unspecified atom stereocenters. The van der Waals surface area contributed by atoms with Gasteiger partial charge in [-0.2, -0.15) is 0 Å². The largest absolute Gasteiger partial charge is 0.310 e. The monoisotopic (exact) mass is 423 g/mol. The van der Waals surface area contributed by atoms with Gasteiger partial charge in [-0.05, 0) is 82.2 Å². The quantitative estimate of drug-likeness (QED) is 0.256. The maximum Gasteiger partial charge on any atom is 0.0546 e. The Morgan fingerprint density at radius 2 is 1.00 bits per heavy atom. The highest BCUT2D eigenvalue weighted by atomic mass is 15.1. The molecule has 6 aromatic carbocycles. The van der Waals surface area contributed by atoms with Gasteiger partial charge in [-0.1, -0.05) is 84.9 Å². The molecule has 1 heteroatoms. The second-order valence-electron chi connectivity index (χ2n) is 8.84. The lowest BCUT2D eigenvalue weighted by Crippen LogP contribution is -2.11. The Bertz CT molecular complexity index is 1600. The smallest absolute Gasteiger partial charge is 0.0546 e. The predicted octanol–water partition coefficient (Wildman–Crippen LogP) is 9.23. The first-order valence-electron chi connectivity index (χ1n) is 11.5. The average Bonchev–Trinajstić information content (AvgIpc) is 2.84. The summed E-state index contributed by atoms with van der Waals surface area (Å²) in [5.74, 6) is 0. The second kappa shape index (κ2) is 7.79. The Hall–Kier alpha value is -4.10. The third kappa shape index (κ3) is 3.34. The zero-order chi connectivity index (χ0) is 22.4. The molecule has 6 rings (SSSR count). The average molecular weight is 424 g/mol. The van der Waals surface area contributed by atoms with Crippen molar-refractivity contribution in [2.45, 2.75) is 13.8 Å². The fraction of sp³-hybridized carbons (Fsp3) is 0.0625. The highest BCUT2D eigenvalue weighted by Gasteiger charge is 2.18. The number of hydrogen-bond acceptors (Lipinski definition) is 1. The van der Waals surface area contributed by atoms with Gasteiger partial charge in [-0.3, -0.25) is 0 Å². The molecule has 0 fully saturated rings. The van der Waals surface area contributed by atoms with Crippen molar-refractivity contribution in [3.63, 3.8) is 0 Å². The van der Waals surface area contributed by atoms with Crippen LogP contribution in [-0.2, 0) is 0 Å². The third-order valence-corrected chi connectivity index (χ3v) is 6.51. The topological polar surface area (TPSA) is 3.24 Å². The van der Waals surface area contributed by atoms with E-state index in [0.717, 1.165) is 0 Å². The maximum absolute atomic E-state index is 2.41. The zero-order valence-corrected chi connectivity index (χ0v) is 18.9. The summed E-state index contributed by atoms with van der Waals surface area (Å²) < 4.78 is 0. The van der Waals surface area contributed by atoms with Crippen LogP contribution in [0.25, 0.3) is 32.3 Å². The molecule has 0 saturated heterocycles. The zero-order valence-electron chi connectivity index (χ0n) is 18.9. The van der Waals surface area contributed by atoms with E-state index in [0.29, 0.717) is 0 Å². The van der Waals surface area contributed by atoms with Gasteiger partial charge in [0.2, 0.25) is 0 Å². The van der Waals surface area contributed by atoms with Crippen LogP contribution < -0.4 is 4.90 Å². The number of anilines is 3. The summed E-state index contributed by atoms with van der Waals surface area (Å²) in [6, 6.07) is 41.9. The summed E-state index contributed by atoms with van der Waals surface area (Å²) in [5.41, 5.74) is 6.04. The first-order valence-corrected chi connectivity index (χ1v) is 11.5. The fourth-order valence-electron chi connectivity index (χ4n) is 4.99. The third-order valence-electron chi connectivity index (χ3n) is 6.51. The minimum absolute atomic E-state index is 1.17. The molecular formula is C32H25N. The first kappa shape index (κ1) is 19.6. The van der Waals surface area contributed by atoms with Crippen molar-refractivity contribution < 1.29 is 0 Å². The van der Waals surface area contributed by atoms with E-state index >= 15 is 0 Å². The first-order chi connectivity index (χ1) is 16.2. The standard InChI is InChI=1S/C32H25N/c1-22-9-7-12-25(19-22)33(26-13-8-10-23(2)20-26)32-21-31-27-14-4-3-11-24(27)17-18-29(31)28-15-5-6-16-30(28)32/h3-21H,1-2H3. The summed E-state index contributed by atoms with van der Waals surface area (Å²) in [5, 5.41) is 7.66. The molecule has 158 valence electrons. The van der Waals surface area contributed by atoms with Crippen LogP contribution in [0.3, 0.4) is 0 Å². The van der Waals surface area contributed by atoms with Crippen LogP contribution in [-0.4, -0.2) is 0 Å². The normalized spacial score (nSPS) is 11.3. The number of fused-ring (bicyclic) bond motifs is 5. The van der Waals surface area contributed by atoms with Gasteiger partial charge in [0.05, 0.1) is 5.69 Å². The van der Waals surface area contributed by atoms with Crippen LogP contribution in [0.5, 0.6) is 0 Å². The van der Waals surface area contributed by atoms with Crippen LogP contribution in [0.2, 0.25) is 0 Å². The molecule has 0 bridgehead atoms. The van der Waals surface area contributed by atoms with E-state index in [2.05, 4.69) is 134 Å². The number of nitrogens with zero attached hydrogens (tertiary/aromatic N) is 1. The summed E-state index contributed by atoms with van der Waals surface area (Å²) in [7, 11) is 0. The number of benzene rings is 6. The SMILES string of the molecule is Cc1cccc(N(c2cccc(C)c2)c2cc3c4ccccc4ccc3c3ccccc23)c1. The molecule has 0 N–H and O–H groups in total. The van der Waals surface area contributed by atoms with E-state index in [1.807, 2.05) is 0 Å². The van der Waals surface area contributed by atoms with Crippen LogP contribution >= 0.6 is 0 Å². The van der Waals surface area contributed by atoms with E-state index in [1.165, 1.54) is 60.5 Å². The molecule has 0 radical (unpaired) electrons. The van der Waals surface area contributed by atoms with Crippen molar-refractivity contribution in [1.82, 2.24) is 0 Å². The number of hydrogen-bond donors (Lipinski definition) is 0. The summed E-state index contributed by atoms with van der Waals surface area (Å²) in [6.45, 7) is 4.31. The van der Waals surface area contributed by atoms with Gasteiger partial charge in [-0.25, -0.2) is 0 Å². The molecule has 33 heavy (non-hydrogen) atoms. The molecule has 1 nitrogen and oxygen atoms in total. The van der Waals surface area contributed by atoms with Crippen LogP contribution in [0.4, 0.5) is 17.1 Å². The summed E-state index contributed by atoms with van der Waals surface area (Å²) in [6.07, 6.45) is 0. The lowest BCUT2D eigenvalue weighted by atomic mass is 9.95. The number of rotatable bonds is 3. The molecular weight excluding hydrogens is 398 g/mol. The van der Waals surface area contributed by atoms with Gasteiger partial charge in [0.25, 0.3) is 0 Å². The van der Waals surface area contributed by atoms with E-state index in [4.69, 9.17) is 0 Å². The Morgan fingerprint density at radius 1 is 0.424 bits per heavy atom. The van der Waals surface area contributed by atoms with Gasteiger partial charge < -0.3 is 4.90 Å². The molecule has 0 saturated carbocycles. The minimum Gasteiger partial charge on any atom is -0.310 e. The lowest BCUT2D eigenvalue weighted by molar-refractivity contribution is 1.27. The van der Waals surface area contributed by atoms with Crippen molar-refractivity contribution in [3.8, 4) is 0 Å². The Labute approximate surface area is 194 Å². The molecule has 0 aromatic heterocycles. The summed E-state index contributed by atoms with van der Waals surface area (Å²) in [4.78, 5) is 2.41. The van der Waals surface area contributed by atoms with Crippen LogP contribution in [0.1, 0.15) is 11.1 Å². The highest BCUT2D eigenvalue weighted by Crippen LogP contribution is 2.43. The van der Waals surface area contributed by atoms with Crippen molar-refractivity contribution in [2.24, 2.45) is 0 Å². The number of aryl methyl sites for hydroxylation is 2. The molecule has 0 spiro atoms. The van der Waals surface area contributed by atoms with E-state index in [-0.39, 0.29) is 0 Å². The van der Waals surface area contributed by atoms with E-state index in [9.17, 15) is 0 Å². The van der Waals surface area contributed by atoms with Gasteiger partial charge in [0.15, 0.2) is 0 Å². The van der Waals surface area contributed by atoms with Gasteiger partial charge in [0, 0.05) is 16.8 Å². The Balaban J connectivity index is 1.76. The molecule has 0 aliphatic heterocycles. The van der Waals surface area contributed by atoms with Crippen molar-refractivity contribution in [3.05, 3.63) is 126 Å². The van der Waals surface area contributed by atoms with Crippen molar-refractivity contribution in [2.75, 3.05) is 4.90 Å². The fourth-order valence-corrected chi connectivity index (χ4v) is 4.99. The molecule has 0 aliphatic carbocycles.